The van der Waals surface area contributed by atoms with E-state index in [1.165, 1.54) is 5.56 Å². The predicted molar refractivity (Wildman–Crippen MR) is 98.7 cm³/mol. The minimum absolute atomic E-state index is 0.0309. The maximum atomic E-state index is 12.7. The van der Waals surface area contributed by atoms with E-state index in [0.717, 1.165) is 57.8 Å². The first-order chi connectivity index (χ1) is 11.4. The molecule has 132 valence electrons. The molecule has 1 N–H and O–H groups in total. The van der Waals surface area contributed by atoms with Crippen LogP contribution in [0.3, 0.4) is 0 Å². The number of fused-ring (bicyclic) bond motifs is 1. The fraction of sp³-hybridized carbons (Fsp3) is 0.632. The molecule has 1 aromatic rings. The summed E-state index contributed by atoms with van der Waals surface area (Å²) in [5.41, 5.74) is 2.13. The molecule has 5 nitrogen and oxygen atoms in total. The summed E-state index contributed by atoms with van der Waals surface area (Å²) in [6.45, 7) is 10.6. The lowest BCUT2D eigenvalue weighted by molar-refractivity contribution is 0.142. The standard InChI is InChI=1S/C19H30N4O/c1-19(2,9-11-22-14-12-21(3)13-15-22)20-18(24)23-10-8-16-6-4-5-7-17(16)23/h4-7H,8-15H2,1-3H3,(H,20,24). The lowest BCUT2D eigenvalue weighted by atomic mass is 10.0. The average molecular weight is 330 g/mol. The van der Waals surface area contributed by atoms with Gasteiger partial charge in [-0.3, -0.25) is 4.90 Å². The molecule has 0 aromatic heterocycles. The van der Waals surface area contributed by atoms with Crippen molar-refractivity contribution < 1.29 is 4.79 Å². The lowest BCUT2D eigenvalue weighted by Gasteiger charge is -2.35. The number of benzene rings is 1. The molecule has 2 heterocycles. The van der Waals surface area contributed by atoms with Crippen LogP contribution in [-0.4, -0.2) is 67.7 Å². The van der Waals surface area contributed by atoms with Gasteiger partial charge in [0.15, 0.2) is 0 Å². The van der Waals surface area contributed by atoms with E-state index in [1.54, 1.807) is 0 Å². The molecule has 2 amide bonds. The number of hydrogen-bond donors (Lipinski definition) is 1. The van der Waals surface area contributed by atoms with Gasteiger partial charge >= 0.3 is 6.03 Å². The highest BCUT2D eigenvalue weighted by Crippen LogP contribution is 2.27. The first-order valence-electron chi connectivity index (χ1n) is 9.03. The van der Waals surface area contributed by atoms with Crippen molar-refractivity contribution in [3.8, 4) is 0 Å². The number of amides is 2. The van der Waals surface area contributed by atoms with Crippen LogP contribution in [-0.2, 0) is 6.42 Å². The van der Waals surface area contributed by atoms with Crippen LogP contribution >= 0.6 is 0 Å². The highest BCUT2D eigenvalue weighted by atomic mass is 16.2. The Morgan fingerprint density at radius 2 is 1.83 bits per heavy atom. The van der Waals surface area contributed by atoms with Crippen molar-refractivity contribution in [1.82, 2.24) is 15.1 Å². The largest absolute Gasteiger partial charge is 0.333 e. The Hall–Kier alpha value is -1.59. The molecule has 0 atom stereocenters. The zero-order chi connectivity index (χ0) is 17.2. The molecule has 5 heteroatoms. The molecular weight excluding hydrogens is 300 g/mol. The number of para-hydroxylation sites is 1. The number of urea groups is 1. The zero-order valence-corrected chi connectivity index (χ0v) is 15.2. The molecular formula is C19H30N4O. The Bertz CT molecular complexity index is 578. The minimum atomic E-state index is -0.196. The van der Waals surface area contributed by atoms with Gasteiger partial charge in [0, 0.05) is 50.5 Å². The van der Waals surface area contributed by atoms with Crippen LogP contribution in [0.15, 0.2) is 24.3 Å². The summed E-state index contributed by atoms with van der Waals surface area (Å²) < 4.78 is 0. The molecule has 0 radical (unpaired) electrons. The molecule has 2 aliphatic heterocycles. The summed E-state index contributed by atoms with van der Waals surface area (Å²) in [5.74, 6) is 0. The topological polar surface area (TPSA) is 38.8 Å². The summed E-state index contributed by atoms with van der Waals surface area (Å²) in [7, 11) is 2.18. The van der Waals surface area contributed by atoms with Gasteiger partial charge in [-0.25, -0.2) is 4.79 Å². The fourth-order valence-corrected chi connectivity index (χ4v) is 3.48. The van der Waals surface area contributed by atoms with Gasteiger partial charge in [-0.15, -0.1) is 0 Å². The Kier molecular flexibility index (Phi) is 5.11. The number of rotatable bonds is 4. The molecule has 1 aromatic carbocycles. The van der Waals surface area contributed by atoms with Crippen molar-refractivity contribution >= 4 is 11.7 Å². The van der Waals surface area contributed by atoms with Crippen LogP contribution in [0.4, 0.5) is 10.5 Å². The maximum absolute atomic E-state index is 12.7. The number of piperazine rings is 1. The smallest absolute Gasteiger partial charge is 0.322 e. The van der Waals surface area contributed by atoms with Crippen LogP contribution in [0.5, 0.6) is 0 Å². The first kappa shape index (κ1) is 17.2. The highest BCUT2D eigenvalue weighted by Gasteiger charge is 2.29. The Morgan fingerprint density at radius 3 is 2.58 bits per heavy atom. The van der Waals surface area contributed by atoms with Gasteiger partial charge in [-0.2, -0.15) is 0 Å². The van der Waals surface area contributed by atoms with Gasteiger partial charge in [-0.05, 0) is 45.4 Å². The number of hydrogen-bond acceptors (Lipinski definition) is 3. The van der Waals surface area contributed by atoms with Crippen molar-refractivity contribution in [2.75, 3.05) is 51.2 Å². The van der Waals surface area contributed by atoms with Crippen molar-refractivity contribution in [1.29, 1.82) is 0 Å². The Morgan fingerprint density at radius 1 is 1.12 bits per heavy atom. The molecule has 2 aliphatic rings. The van der Waals surface area contributed by atoms with E-state index in [9.17, 15) is 4.79 Å². The summed E-state index contributed by atoms with van der Waals surface area (Å²) in [5, 5.41) is 3.24. The predicted octanol–water partition coefficient (Wildman–Crippen LogP) is 2.17. The molecule has 0 aliphatic carbocycles. The Balaban J connectivity index is 1.52. The second-order valence-corrected chi connectivity index (χ2v) is 7.74. The normalized spacial score (nSPS) is 19.4. The Labute approximate surface area is 145 Å². The monoisotopic (exact) mass is 330 g/mol. The van der Waals surface area contributed by atoms with E-state index in [4.69, 9.17) is 0 Å². The van der Waals surface area contributed by atoms with Crippen molar-refractivity contribution in [3.05, 3.63) is 29.8 Å². The first-order valence-corrected chi connectivity index (χ1v) is 9.03. The number of likely N-dealkylation sites (N-methyl/N-ethyl adjacent to an activating group) is 1. The molecule has 0 spiro atoms. The van der Waals surface area contributed by atoms with Gasteiger partial charge in [0.05, 0.1) is 0 Å². The van der Waals surface area contributed by atoms with Crippen molar-refractivity contribution in [2.45, 2.75) is 32.2 Å². The summed E-state index contributed by atoms with van der Waals surface area (Å²) in [4.78, 5) is 19.5. The van der Waals surface area contributed by atoms with E-state index in [2.05, 4.69) is 42.1 Å². The zero-order valence-electron chi connectivity index (χ0n) is 15.2. The number of carbonyl (C=O) groups is 1. The van der Waals surface area contributed by atoms with Gasteiger partial charge in [-0.1, -0.05) is 18.2 Å². The second-order valence-electron chi connectivity index (χ2n) is 7.74. The summed E-state index contributed by atoms with van der Waals surface area (Å²) in [6, 6.07) is 8.23. The van der Waals surface area contributed by atoms with Crippen LogP contribution in [0.25, 0.3) is 0 Å². The molecule has 0 bridgehead atoms. The highest BCUT2D eigenvalue weighted by molar-refractivity contribution is 5.94. The van der Waals surface area contributed by atoms with Gasteiger partial charge in [0.25, 0.3) is 0 Å². The maximum Gasteiger partial charge on any atom is 0.322 e. The second kappa shape index (κ2) is 7.11. The third-order valence-electron chi connectivity index (χ3n) is 5.23. The quantitative estimate of drug-likeness (QED) is 0.920. The van der Waals surface area contributed by atoms with Crippen molar-refractivity contribution in [3.63, 3.8) is 0 Å². The van der Waals surface area contributed by atoms with E-state index in [1.807, 2.05) is 23.1 Å². The molecule has 1 fully saturated rings. The molecule has 0 saturated carbocycles. The van der Waals surface area contributed by atoms with Gasteiger partial charge < -0.3 is 15.1 Å². The van der Waals surface area contributed by atoms with E-state index >= 15 is 0 Å². The van der Waals surface area contributed by atoms with Crippen molar-refractivity contribution in [2.24, 2.45) is 0 Å². The number of nitrogens with zero attached hydrogens (tertiary/aromatic N) is 3. The molecule has 24 heavy (non-hydrogen) atoms. The van der Waals surface area contributed by atoms with Crippen LogP contribution < -0.4 is 10.2 Å². The summed E-state index contributed by atoms with van der Waals surface area (Å²) >= 11 is 0. The fourth-order valence-electron chi connectivity index (χ4n) is 3.48. The SMILES string of the molecule is CN1CCN(CCC(C)(C)NC(=O)N2CCc3ccccc32)CC1. The van der Waals surface area contributed by atoms with E-state index in [0.29, 0.717) is 0 Å². The molecule has 3 rings (SSSR count). The number of anilines is 1. The van der Waals surface area contributed by atoms with Crippen LogP contribution in [0, 0.1) is 0 Å². The molecule has 0 unspecified atom stereocenters. The van der Waals surface area contributed by atoms with Crippen LogP contribution in [0.2, 0.25) is 0 Å². The minimum Gasteiger partial charge on any atom is -0.333 e. The van der Waals surface area contributed by atoms with E-state index in [-0.39, 0.29) is 11.6 Å². The number of nitrogens with one attached hydrogen (secondary N) is 1. The van der Waals surface area contributed by atoms with Gasteiger partial charge in [0.1, 0.15) is 0 Å². The lowest BCUT2D eigenvalue weighted by Crippen LogP contribution is -2.52. The average Bonchev–Trinajstić information content (AvgIpc) is 2.98. The van der Waals surface area contributed by atoms with Gasteiger partial charge in [0.2, 0.25) is 0 Å². The third-order valence-corrected chi connectivity index (χ3v) is 5.23. The summed E-state index contributed by atoms with van der Waals surface area (Å²) in [6.07, 6.45) is 1.92. The van der Waals surface area contributed by atoms with Crippen LogP contribution in [0.1, 0.15) is 25.8 Å². The molecule has 1 saturated heterocycles. The van der Waals surface area contributed by atoms with E-state index < -0.39 is 0 Å². The number of carbonyl (C=O) groups excluding carboxylic acids is 1. The third kappa shape index (κ3) is 4.08.